The minimum atomic E-state index is 0.0753. The Morgan fingerprint density at radius 1 is 0.964 bits per heavy atom. The smallest absolute Gasteiger partial charge is 0.255 e. The van der Waals surface area contributed by atoms with E-state index in [1.165, 1.54) is 5.82 Å². The van der Waals surface area contributed by atoms with E-state index in [0.717, 1.165) is 42.8 Å². The van der Waals surface area contributed by atoms with Crippen molar-refractivity contribution in [1.82, 2.24) is 14.2 Å². The number of benzene rings is 1. The minimum absolute atomic E-state index is 0.0753. The topological polar surface area (TPSA) is 31.2 Å². The average molecular weight is 377 g/mol. The molecule has 146 valence electrons. The first-order valence-corrected chi connectivity index (χ1v) is 10.0. The molecule has 0 unspecified atom stereocenters. The van der Waals surface area contributed by atoms with Gasteiger partial charge in [0.1, 0.15) is 5.82 Å². The van der Waals surface area contributed by atoms with Gasteiger partial charge in [0.05, 0.1) is 5.56 Å². The summed E-state index contributed by atoms with van der Waals surface area (Å²) in [5.41, 5.74) is 3.01. The van der Waals surface area contributed by atoms with Crippen LogP contribution in [0.5, 0.6) is 0 Å². The Morgan fingerprint density at radius 2 is 1.68 bits per heavy atom. The van der Waals surface area contributed by atoms with Crippen LogP contribution in [-0.4, -0.2) is 59.9 Å². The molecule has 5 nitrogen and oxygen atoms in total. The fraction of sp³-hybridized carbons (Fsp3) is 0.348. The van der Waals surface area contributed by atoms with Crippen molar-refractivity contribution in [3.05, 3.63) is 71.9 Å². The van der Waals surface area contributed by atoms with E-state index in [-0.39, 0.29) is 5.91 Å². The fourth-order valence-electron chi connectivity index (χ4n) is 3.82. The van der Waals surface area contributed by atoms with Crippen LogP contribution in [-0.2, 0) is 6.54 Å². The molecule has 1 aromatic carbocycles. The fourth-order valence-corrected chi connectivity index (χ4v) is 3.82. The number of anilines is 1. The Balaban J connectivity index is 1.59. The molecule has 1 aliphatic rings. The van der Waals surface area contributed by atoms with Gasteiger partial charge in [0.2, 0.25) is 0 Å². The second-order valence-electron chi connectivity index (χ2n) is 7.50. The van der Waals surface area contributed by atoms with Gasteiger partial charge < -0.3 is 19.1 Å². The minimum Gasteiger partial charge on any atom is -0.355 e. The lowest BCUT2D eigenvalue weighted by atomic mass is 10.2. The van der Waals surface area contributed by atoms with E-state index in [9.17, 15) is 4.79 Å². The molecule has 0 radical (unpaired) electrons. The van der Waals surface area contributed by atoms with E-state index in [1.54, 1.807) is 0 Å². The molecule has 4 rings (SSSR count). The molecule has 0 N–H and O–H groups in total. The van der Waals surface area contributed by atoms with Crippen LogP contribution in [0.1, 0.15) is 22.8 Å². The molecule has 3 aromatic rings. The van der Waals surface area contributed by atoms with Gasteiger partial charge in [0.25, 0.3) is 5.91 Å². The summed E-state index contributed by atoms with van der Waals surface area (Å²) in [5, 5.41) is 0. The number of amides is 1. The maximum atomic E-state index is 13.2. The Kier molecular flexibility index (Phi) is 5.35. The van der Waals surface area contributed by atoms with Crippen molar-refractivity contribution in [3.8, 4) is 0 Å². The number of carbonyl (C=O) groups is 1. The van der Waals surface area contributed by atoms with E-state index in [0.29, 0.717) is 13.1 Å². The molecule has 1 saturated heterocycles. The third-order valence-electron chi connectivity index (χ3n) is 5.59. The summed E-state index contributed by atoms with van der Waals surface area (Å²) in [6, 6.07) is 18.4. The van der Waals surface area contributed by atoms with Gasteiger partial charge in [-0.1, -0.05) is 30.3 Å². The lowest BCUT2D eigenvalue weighted by molar-refractivity contribution is 0.0752. The number of pyridine rings is 1. The highest BCUT2D eigenvalue weighted by atomic mass is 16.2. The highest BCUT2D eigenvalue weighted by Crippen LogP contribution is 2.22. The van der Waals surface area contributed by atoms with Crippen molar-refractivity contribution in [2.75, 3.05) is 44.7 Å². The van der Waals surface area contributed by atoms with E-state index >= 15 is 0 Å². The third-order valence-corrected chi connectivity index (χ3v) is 5.59. The van der Waals surface area contributed by atoms with Gasteiger partial charge in [0.15, 0.2) is 0 Å². The lowest BCUT2D eigenvalue weighted by Gasteiger charge is -2.33. The van der Waals surface area contributed by atoms with E-state index in [4.69, 9.17) is 0 Å². The van der Waals surface area contributed by atoms with E-state index in [2.05, 4.69) is 45.5 Å². The van der Waals surface area contributed by atoms with E-state index in [1.807, 2.05) is 48.4 Å². The Labute approximate surface area is 166 Å². The van der Waals surface area contributed by atoms with Gasteiger partial charge in [-0.15, -0.1) is 0 Å². The number of carbonyl (C=O) groups excluding carboxylic acids is 1. The Morgan fingerprint density at radius 3 is 2.39 bits per heavy atom. The number of hydrogen-bond acceptors (Lipinski definition) is 3. The maximum Gasteiger partial charge on any atom is 0.255 e. The first-order chi connectivity index (χ1) is 13.7. The zero-order valence-corrected chi connectivity index (χ0v) is 16.7. The van der Waals surface area contributed by atoms with Crippen LogP contribution in [0.2, 0.25) is 0 Å². The molecule has 2 aromatic heterocycles. The monoisotopic (exact) mass is 376 g/mol. The summed E-state index contributed by atoms with van der Waals surface area (Å²) in [6.07, 6.45) is 2.00. The summed E-state index contributed by atoms with van der Waals surface area (Å²) in [7, 11) is 2.16. The number of rotatable bonds is 5. The van der Waals surface area contributed by atoms with Crippen LogP contribution in [0.25, 0.3) is 5.52 Å². The number of nitrogens with zero attached hydrogens (tertiary/aromatic N) is 4. The van der Waals surface area contributed by atoms with Crippen LogP contribution in [0.4, 0.5) is 5.82 Å². The number of hydrogen-bond donors (Lipinski definition) is 0. The van der Waals surface area contributed by atoms with E-state index < -0.39 is 0 Å². The van der Waals surface area contributed by atoms with Crippen molar-refractivity contribution in [3.63, 3.8) is 0 Å². The molecule has 0 spiro atoms. The van der Waals surface area contributed by atoms with Crippen LogP contribution >= 0.6 is 0 Å². The molecule has 3 heterocycles. The summed E-state index contributed by atoms with van der Waals surface area (Å²) in [4.78, 5) is 19.8. The van der Waals surface area contributed by atoms with Gasteiger partial charge in [-0.05, 0) is 43.8 Å². The number of piperazine rings is 1. The van der Waals surface area contributed by atoms with Gasteiger partial charge in [-0.3, -0.25) is 4.79 Å². The molecule has 0 aliphatic carbocycles. The standard InChI is InChI=1S/C23H28N4O/c1-3-25(17-19-7-5-4-6-8-19)23(28)20-9-10-21-11-12-22(27(21)18-20)26-15-13-24(2)14-16-26/h4-12,18H,3,13-17H2,1-2H3. The first kappa shape index (κ1) is 18.6. The molecule has 28 heavy (non-hydrogen) atoms. The predicted molar refractivity (Wildman–Crippen MR) is 114 cm³/mol. The molecule has 0 saturated carbocycles. The second kappa shape index (κ2) is 8.07. The van der Waals surface area contributed by atoms with Gasteiger partial charge >= 0.3 is 0 Å². The maximum absolute atomic E-state index is 13.2. The van der Waals surface area contributed by atoms with Crippen molar-refractivity contribution in [2.45, 2.75) is 13.5 Å². The van der Waals surface area contributed by atoms with Crippen molar-refractivity contribution >= 4 is 17.2 Å². The molecular weight excluding hydrogens is 348 g/mol. The summed E-state index contributed by atoms with van der Waals surface area (Å²) in [5.74, 6) is 1.25. The number of aromatic nitrogens is 1. The molecule has 5 heteroatoms. The van der Waals surface area contributed by atoms with Crippen LogP contribution in [0.15, 0.2) is 60.8 Å². The quantitative estimate of drug-likeness (QED) is 0.684. The second-order valence-corrected chi connectivity index (χ2v) is 7.50. The van der Waals surface area contributed by atoms with Crippen molar-refractivity contribution in [1.29, 1.82) is 0 Å². The number of fused-ring (bicyclic) bond motifs is 1. The molecule has 0 atom stereocenters. The van der Waals surface area contributed by atoms with Gasteiger partial charge in [-0.2, -0.15) is 0 Å². The summed E-state index contributed by atoms with van der Waals surface area (Å²) >= 11 is 0. The largest absolute Gasteiger partial charge is 0.355 e. The lowest BCUT2D eigenvalue weighted by Crippen LogP contribution is -2.44. The molecule has 0 bridgehead atoms. The summed E-state index contributed by atoms with van der Waals surface area (Å²) < 4.78 is 2.16. The SMILES string of the molecule is CCN(Cc1ccccc1)C(=O)c1ccc2ccc(N3CCN(C)CC3)n2c1. The highest BCUT2D eigenvalue weighted by Gasteiger charge is 2.19. The molecule has 1 fully saturated rings. The summed E-state index contributed by atoms with van der Waals surface area (Å²) in [6.45, 7) is 7.49. The van der Waals surface area contributed by atoms with Crippen molar-refractivity contribution in [2.24, 2.45) is 0 Å². The van der Waals surface area contributed by atoms with Gasteiger partial charge in [0, 0.05) is 51.0 Å². The zero-order valence-electron chi connectivity index (χ0n) is 16.7. The van der Waals surface area contributed by atoms with Crippen molar-refractivity contribution < 1.29 is 4.79 Å². The highest BCUT2D eigenvalue weighted by molar-refractivity contribution is 5.94. The van der Waals surface area contributed by atoms with Crippen LogP contribution < -0.4 is 4.90 Å². The number of likely N-dealkylation sites (N-methyl/N-ethyl adjacent to an activating group) is 1. The Bertz CT molecular complexity index is 942. The molecule has 1 amide bonds. The van der Waals surface area contributed by atoms with Crippen LogP contribution in [0.3, 0.4) is 0 Å². The predicted octanol–water partition coefficient (Wildman–Crippen LogP) is 3.35. The van der Waals surface area contributed by atoms with Gasteiger partial charge in [-0.25, -0.2) is 0 Å². The molecule has 1 aliphatic heterocycles. The normalized spacial score (nSPS) is 15.1. The Hall–Kier alpha value is -2.79. The first-order valence-electron chi connectivity index (χ1n) is 10.0. The zero-order chi connectivity index (χ0) is 19.5. The third kappa shape index (κ3) is 3.76. The molecular formula is C23H28N4O. The average Bonchev–Trinajstić information content (AvgIpc) is 3.16. The van der Waals surface area contributed by atoms with Crippen LogP contribution in [0, 0.1) is 0 Å².